The number of nitrogens with one attached hydrogen (secondary N) is 2. The van der Waals surface area contributed by atoms with Gasteiger partial charge in [0.25, 0.3) is 11.8 Å². The molecule has 0 aliphatic heterocycles. The zero-order valence-corrected chi connectivity index (χ0v) is 18.3. The first-order valence-electron chi connectivity index (χ1n) is 8.63. The third kappa shape index (κ3) is 5.02. The first-order chi connectivity index (χ1) is 14.4. The lowest BCUT2D eigenvalue weighted by Gasteiger charge is -2.12. The second-order valence-electron chi connectivity index (χ2n) is 5.95. The lowest BCUT2D eigenvalue weighted by molar-refractivity contribution is 0.0945. The van der Waals surface area contributed by atoms with Crippen molar-refractivity contribution < 1.29 is 19.1 Å². The highest BCUT2D eigenvalue weighted by atomic mass is 35.5. The monoisotopic (exact) mass is 465 g/mol. The van der Waals surface area contributed by atoms with E-state index in [4.69, 9.17) is 32.7 Å². The fourth-order valence-electron chi connectivity index (χ4n) is 2.63. The van der Waals surface area contributed by atoms with Crippen LogP contribution in [0.4, 0.5) is 5.13 Å². The number of aromatic nitrogens is 1. The van der Waals surface area contributed by atoms with E-state index < -0.39 is 5.91 Å². The summed E-state index contributed by atoms with van der Waals surface area (Å²) in [4.78, 5) is 29.0. The van der Waals surface area contributed by atoms with Gasteiger partial charge < -0.3 is 14.8 Å². The molecule has 0 saturated heterocycles. The van der Waals surface area contributed by atoms with E-state index in [0.29, 0.717) is 16.5 Å². The van der Waals surface area contributed by atoms with Crippen LogP contribution in [0.5, 0.6) is 11.5 Å². The number of hydrogen-bond acceptors (Lipinski definition) is 6. The Kier molecular flexibility index (Phi) is 7.15. The molecule has 0 aliphatic carbocycles. The molecule has 30 heavy (non-hydrogen) atoms. The Morgan fingerprint density at radius 1 is 1.10 bits per heavy atom. The predicted molar refractivity (Wildman–Crippen MR) is 117 cm³/mol. The number of nitrogens with zero attached hydrogens (tertiary/aromatic N) is 1. The number of carbonyl (C=O) groups is 2. The fraction of sp³-hybridized carbons (Fsp3) is 0.150. The number of carbonyl (C=O) groups excluding carboxylic acids is 2. The Hall–Kier alpha value is -2.81. The Morgan fingerprint density at radius 2 is 1.90 bits per heavy atom. The summed E-state index contributed by atoms with van der Waals surface area (Å²) in [6, 6.07) is 9.96. The molecule has 7 nitrogen and oxygen atoms in total. The van der Waals surface area contributed by atoms with Gasteiger partial charge in [0.1, 0.15) is 5.69 Å². The summed E-state index contributed by atoms with van der Waals surface area (Å²) in [5, 5.41) is 7.88. The molecule has 3 aromatic rings. The molecule has 0 aliphatic rings. The number of anilines is 1. The van der Waals surface area contributed by atoms with E-state index in [1.54, 1.807) is 30.7 Å². The molecule has 1 heterocycles. The summed E-state index contributed by atoms with van der Waals surface area (Å²) in [6.45, 7) is 0.221. The van der Waals surface area contributed by atoms with Crippen molar-refractivity contribution in [2.24, 2.45) is 0 Å². The van der Waals surface area contributed by atoms with Crippen LogP contribution in [0, 0.1) is 0 Å². The molecular formula is C20H17Cl2N3O4S. The van der Waals surface area contributed by atoms with Crippen molar-refractivity contribution in [2.45, 2.75) is 6.54 Å². The van der Waals surface area contributed by atoms with Gasteiger partial charge in [0.2, 0.25) is 0 Å². The lowest BCUT2D eigenvalue weighted by atomic mass is 10.2. The van der Waals surface area contributed by atoms with Crippen LogP contribution < -0.4 is 20.1 Å². The Labute approximate surface area is 186 Å². The van der Waals surface area contributed by atoms with E-state index >= 15 is 0 Å². The second-order valence-corrected chi connectivity index (χ2v) is 7.65. The summed E-state index contributed by atoms with van der Waals surface area (Å²) in [6.07, 6.45) is 0. The normalized spacial score (nSPS) is 10.4. The van der Waals surface area contributed by atoms with Gasteiger partial charge in [-0.25, -0.2) is 4.98 Å². The average Bonchev–Trinajstić information content (AvgIpc) is 3.19. The molecule has 2 amide bonds. The van der Waals surface area contributed by atoms with Gasteiger partial charge >= 0.3 is 0 Å². The molecule has 0 fully saturated rings. The Bertz CT molecular complexity index is 1090. The van der Waals surface area contributed by atoms with E-state index in [-0.39, 0.29) is 33.9 Å². The van der Waals surface area contributed by atoms with Crippen LogP contribution in [0.2, 0.25) is 10.0 Å². The van der Waals surface area contributed by atoms with E-state index in [1.807, 2.05) is 6.07 Å². The molecule has 0 bridgehead atoms. The molecule has 0 atom stereocenters. The molecule has 2 N–H and O–H groups in total. The fourth-order valence-corrected chi connectivity index (χ4v) is 3.81. The Balaban J connectivity index is 1.65. The van der Waals surface area contributed by atoms with Gasteiger partial charge in [-0.05, 0) is 24.3 Å². The highest BCUT2D eigenvalue weighted by Crippen LogP contribution is 2.30. The number of halogens is 2. The maximum absolute atomic E-state index is 12.4. The summed E-state index contributed by atoms with van der Waals surface area (Å²) >= 11 is 13.0. The molecule has 2 aromatic carbocycles. The van der Waals surface area contributed by atoms with Gasteiger partial charge in [-0.1, -0.05) is 35.3 Å². The average molecular weight is 466 g/mol. The highest BCUT2D eigenvalue weighted by Gasteiger charge is 2.16. The SMILES string of the molecule is COc1cccc(CNC(=O)c2csc(NC(=O)c3ccc(Cl)cc3Cl)n2)c1OC. The number of hydrogen-bond donors (Lipinski definition) is 2. The third-order valence-electron chi connectivity index (χ3n) is 4.06. The van der Waals surface area contributed by atoms with Crippen LogP contribution in [0.3, 0.4) is 0 Å². The van der Waals surface area contributed by atoms with E-state index in [1.165, 1.54) is 19.2 Å². The number of rotatable bonds is 7. The maximum atomic E-state index is 12.4. The van der Waals surface area contributed by atoms with Crippen molar-refractivity contribution in [3.63, 3.8) is 0 Å². The van der Waals surface area contributed by atoms with Gasteiger partial charge in [-0.3, -0.25) is 14.9 Å². The highest BCUT2D eigenvalue weighted by molar-refractivity contribution is 7.14. The number of benzene rings is 2. The molecule has 0 spiro atoms. The van der Waals surface area contributed by atoms with Gasteiger partial charge in [-0.2, -0.15) is 0 Å². The van der Waals surface area contributed by atoms with E-state index in [9.17, 15) is 9.59 Å². The molecule has 0 radical (unpaired) electrons. The largest absolute Gasteiger partial charge is 0.493 e. The summed E-state index contributed by atoms with van der Waals surface area (Å²) < 4.78 is 10.6. The van der Waals surface area contributed by atoms with E-state index in [0.717, 1.165) is 16.9 Å². The number of ether oxygens (including phenoxy) is 2. The third-order valence-corrected chi connectivity index (χ3v) is 5.36. The predicted octanol–water partition coefficient (Wildman–Crippen LogP) is 4.65. The molecule has 3 rings (SSSR count). The van der Waals surface area contributed by atoms with Crippen LogP contribution in [0.1, 0.15) is 26.4 Å². The molecule has 10 heteroatoms. The lowest BCUT2D eigenvalue weighted by Crippen LogP contribution is -2.23. The zero-order valence-electron chi connectivity index (χ0n) is 16.0. The summed E-state index contributed by atoms with van der Waals surface area (Å²) in [5.41, 5.74) is 1.19. The Morgan fingerprint density at radius 3 is 2.60 bits per heavy atom. The molecule has 156 valence electrons. The van der Waals surface area contributed by atoms with E-state index in [2.05, 4.69) is 15.6 Å². The first kappa shape index (κ1) is 21.9. The van der Waals surface area contributed by atoms with Gasteiger partial charge in [0, 0.05) is 22.5 Å². The molecule has 1 aromatic heterocycles. The first-order valence-corrected chi connectivity index (χ1v) is 10.3. The van der Waals surface area contributed by atoms with Gasteiger partial charge in [-0.15, -0.1) is 11.3 Å². The van der Waals surface area contributed by atoms with Gasteiger partial charge in [0.15, 0.2) is 16.6 Å². The minimum absolute atomic E-state index is 0.180. The number of thiazole rings is 1. The second kappa shape index (κ2) is 9.80. The quantitative estimate of drug-likeness (QED) is 0.529. The van der Waals surface area contributed by atoms with Crippen molar-refractivity contribution in [3.05, 3.63) is 68.6 Å². The smallest absolute Gasteiger partial charge is 0.271 e. The van der Waals surface area contributed by atoms with Crippen LogP contribution in [0.15, 0.2) is 41.8 Å². The van der Waals surface area contributed by atoms with Crippen LogP contribution in [-0.2, 0) is 6.54 Å². The van der Waals surface area contributed by atoms with Gasteiger partial charge in [0.05, 0.1) is 24.8 Å². The van der Waals surface area contributed by atoms with Crippen molar-refractivity contribution in [1.82, 2.24) is 10.3 Å². The minimum atomic E-state index is -0.445. The van der Waals surface area contributed by atoms with Crippen molar-refractivity contribution in [1.29, 1.82) is 0 Å². The van der Waals surface area contributed by atoms with Crippen LogP contribution >= 0.6 is 34.5 Å². The number of para-hydroxylation sites is 1. The van der Waals surface area contributed by atoms with Crippen LogP contribution in [-0.4, -0.2) is 31.0 Å². The maximum Gasteiger partial charge on any atom is 0.271 e. The topological polar surface area (TPSA) is 89.6 Å². The number of methoxy groups -OCH3 is 2. The standard InChI is InChI=1S/C20H17Cl2N3O4S/c1-28-16-5-3-4-11(17(16)29-2)9-23-19(27)15-10-30-20(24-15)25-18(26)13-7-6-12(21)8-14(13)22/h3-8,10H,9H2,1-2H3,(H,23,27)(H,24,25,26). The molecular weight excluding hydrogens is 449 g/mol. The minimum Gasteiger partial charge on any atom is -0.493 e. The summed E-state index contributed by atoms with van der Waals surface area (Å²) in [5.74, 6) is 0.287. The summed E-state index contributed by atoms with van der Waals surface area (Å²) in [7, 11) is 3.08. The number of amides is 2. The molecule has 0 unspecified atom stereocenters. The van der Waals surface area contributed by atoms with Crippen molar-refractivity contribution in [3.8, 4) is 11.5 Å². The van der Waals surface area contributed by atoms with Crippen molar-refractivity contribution >= 4 is 51.5 Å². The van der Waals surface area contributed by atoms with Crippen LogP contribution in [0.25, 0.3) is 0 Å². The van der Waals surface area contributed by atoms with Crippen molar-refractivity contribution in [2.75, 3.05) is 19.5 Å². The molecule has 0 saturated carbocycles. The zero-order chi connectivity index (χ0) is 21.7.